The van der Waals surface area contributed by atoms with E-state index in [0.29, 0.717) is 0 Å². The zero-order valence-corrected chi connectivity index (χ0v) is 20.5. The van der Waals surface area contributed by atoms with Crippen molar-refractivity contribution in [3.63, 3.8) is 0 Å². The van der Waals surface area contributed by atoms with Gasteiger partial charge in [-0.2, -0.15) is 4.72 Å². The molecule has 0 atom stereocenters. The molecule has 1 aromatic carbocycles. The Labute approximate surface area is 208 Å². The van der Waals surface area contributed by atoms with Crippen LogP contribution in [0.15, 0.2) is 29.2 Å². The van der Waals surface area contributed by atoms with E-state index in [9.17, 15) is 22.8 Å². The number of carbonyl (C=O) groups is 3. The summed E-state index contributed by atoms with van der Waals surface area (Å²) in [6.45, 7) is 0.109. The Morgan fingerprint density at radius 1 is 0.750 bits per heavy atom. The molecule has 0 fully saturated rings. The van der Waals surface area contributed by atoms with Crippen molar-refractivity contribution in [2.75, 3.05) is 39.6 Å². The van der Waals surface area contributed by atoms with Crippen LogP contribution in [0.3, 0.4) is 0 Å². The molecule has 7 N–H and O–H groups in total. The minimum absolute atomic E-state index is 0.0588. The number of rotatable bonds is 18. The van der Waals surface area contributed by atoms with E-state index in [-0.39, 0.29) is 63.8 Å². The molecule has 0 aliphatic heterocycles. The summed E-state index contributed by atoms with van der Waals surface area (Å²) >= 11 is 0. The van der Waals surface area contributed by atoms with Gasteiger partial charge in [-0.25, -0.2) is 24.9 Å². The van der Waals surface area contributed by atoms with E-state index in [1.54, 1.807) is 19.1 Å². The molecular weight excluding hydrogens is 504 g/mol. The fraction of sp³-hybridized carbons (Fsp3) is 0.550. The predicted octanol–water partition coefficient (Wildman–Crippen LogP) is -1.25. The molecule has 3 amide bonds. The Morgan fingerprint density at radius 3 is 1.44 bits per heavy atom. The van der Waals surface area contributed by atoms with Crippen molar-refractivity contribution >= 4 is 27.7 Å². The summed E-state index contributed by atoms with van der Waals surface area (Å²) in [5.74, 6) is -2.17. The second-order valence-electron chi connectivity index (χ2n) is 7.71. The zero-order chi connectivity index (χ0) is 27.0. The Hall–Kier alpha value is -2.70. The highest BCUT2D eigenvalue weighted by atomic mass is 32.2. The molecule has 0 bridgehead atoms. The van der Waals surface area contributed by atoms with Crippen molar-refractivity contribution in [3.05, 3.63) is 29.8 Å². The van der Waals surface area contributed by atoms with Crippen LogP contribution in [0.1, 0.15) is 24.8 Å². The quantitative estimate of drug-likeness (QED) is 0.0667. The number of carbonyl (C=O) groups excluding carboxylic acids is 3. The summed E-state index contributed by atoms with van der Waals surface area (Å²) in [6, 6.07) is 6.00. The average molecular weight is 537 g/mol. The van der Waals surface area contributed by atoms with Crippen molar-refractivity contribution in [3.8, 4) is 0 Å². The van der Waals surface area contributed by atoms with Crippen LogP contribution in [0, 0.1) is 6.92 Å². The number of aryl methyl sites for hydroxylation is 1. The predicted molar refractivity (Wildman–Crippen MR) is 120 cm³/mol. The van der Waals surface area contributed by atoms with Gasteiger partial charge >= 0.3 is 0 Å². The number of hydroxylamine groups is 3. The summed E-state index contributed by atoms with van der Waals surface area (Å²) in [5, 5.41) is 25.9. The maximum atomic E-state index is 13.2. The molecule has 0 heterocycles. The second kappa shape index (κ2) is 16.1. The monoisotopic (exact) mass is 536 g/mol. The van der Waals surface area contributed by atoms with Gasteiger partial charge in [-0.1, -0.05) is 17.7 Å². The van der Waals surface area contributed by atoms with Crippen LogP contribution in [0.25, 0.3) is 0 Å². The number of benzene rings is 1. The normalized spacial score (nSPS) is 11.7. The average Bonchev–Trinajstić information content (AvgIpc) is 2.86. The third kappa shape index (κ3) is 11.8. The fourth-order valence-electron chi connectivity index (χ4n) is 2.74. The SMILES string of the molecule is Cc1ccc(S(=O)(=O)NC(COCCC(=O)NO)(COCCC(=O)NO)COCCC(=O)NO)cc1. The van der Waals surface area contributed by atoms with Crippen molar-refractivity contribution in [2.24, 2.45) is 0 Å². The molecule has 0 aliphatic carbocycles. The Kier molecular flexibility index (Phi) is 14.0. The zero-order valence-electron chi connectivity index (χ0n) is 19.7. The Bertz CT molecular complexity index is 882. The van der Waals surface area contributed by atoms with E-state index in [0.717, 1.165) is 5.56 Å². The van der Waals surface area contributed by atoms with Gasteiger partial charge in [-0.15, -0.1) is 0 Å². The molecule has 0 spiro atoms. The van der Waals surface area contributed by atoms with E-state index in [1.165, 1.54) is 28.6 Å². The van der Waals surface area contributed by atoms with E-state index < -0.39 is 33.3 Å². The first-order valence-corrected chi connectivity index (χ1v) is 12.2. The van der Waals surface area contributed by atoms with Crippen LogP contribution in [-0.4, -0.2) is 86.9 Å². The molecule has 0 saturated heterocycles. The lowest BCUT2D eigenvalue weighted by atomic mass is 10.1. The first kappa shape index (κ1) is 31.3. The molecule has 204 valence electrons. The van der Waals surface area contributed by atoms with Crippen LogP contribution in [0.5, 0.6) is 0 Å². The molecule has 0 aliphatic rings. The third-order valence-electron chi connectivity index (χ3n) is 4.61. The summed E-state index contributed by atoms with van der Waals surface area (Å²) in [5.41, 5.74) is 3.58. The topological polar surface area (TPSA) is 222 Å². The van der Waals surface area contributed by atoms with Crippen LogP contribution >= 0.6 is 0 Å². The maximum absolute atomic E-state index is 13.2. The molecule has 1 rings (SSSR count). The van der Waals surface area contributed by atoms with Gasteiger partial charge < -0.3 is 14.2 Å². The summed E-state index contributed by atoms with van der Waals surface area (Å²) in [4.78, 5) is 33.7. The van der Waals surface area contributed by atoms with Gasteiger partial charge in [-0.05, 0) is 19.1 Å². The van der Waals surface area contributed by atoms with E-state index in [4.69, 9.17) is 29.8 Å². The van der Waals surface area contributed by atoms with Crippen LogP contribution in [0.4, 0.5) is 0 Å². The first-order valence-electron chi connectivity index (χ1n) is 10.7. The van der Waals surface area contributed by atoms with Crippen LogP contribution in [-0.2, 0) is 38.6 Å². The van der Waals surface area contributed by atoms with Crippen molar-refractivity contribution in [1.82, 2.24) is 21.2 Å². The number of hydrogen-bond acceptors (Lipinski definition) is 11. The molecular formula is C20H32N4O11S. The third-order valence-corrected chi connectivity index (χ3v) is 6.21. The second-order valence-corrected chi connectivity index (χ2v) is 9.39. The van der Waals surface area contributed by atoms with Gasteiger partial charge in [0, 0.05) is 0 Å². The number of nitrogens with one attached hydrogen (secondary N) is 4. The van der Waals surface area contributed by atoms with Crippen molar-refractivity contribution in [2.45, 2.75) is 36.6 Å². The van der Waals surface area contributed by atoms with Crippen molar-refractivity contribution < 1.29 is 52.6 Å². The lowest BCUT2D eigenvalue weighted by molar-refractivity contribution is -0.130. The van der Waals surface area contributed by atoms with Gasteiger partial charge in [0.25, 0.3) is 0 Å². The van der Waals surface area contributed by atoms with E-state index >= 15 is 0 Å². The minimum atomic E-state index is -4.16. The number of sulfonamides is 1. The van der Waals surface area contributed by atoms with Gasteiger partial charge in [0.2, 0.25) is 27.7 Å². The van der Waals surface area contributed by atoms with Crippen LogP contribution < -0.4 is 21.2 Å². The molecule has 15 nitrogen and oxygen atoms in total. The lowest BCUT2D eigenvalue weighted by Crippen LogP contribution is -2.58. The van der Waals surface area contributed by atoms with Crippen LogP contribution in [0.2, 0.25) is 0 Å². The molecule has 1 aromatic rings. The molecule has 0 radical (unpaired) electrons. The molecule has 36 heavy (non-hydrogen) atoms. The highest BCUT2D eigenvalue weighted by Gasteiger charge is 2.37. The first-order chi connectivity index (χ1) is 17.1. The Balaban J connectivity index is 3.12. The van der Waals surface area contributed by atoms with Gasteiger partial charge in [-0.3, -0.25) is 30.0 Å². The molecule has 0 saturated carbocycles. The highest BCUT2D eigenvalue weighted by molar-refractivity contribution is 7.89. The van der Waals surface area contributed by atoms with E-state index in [1.807, 2.05) is 0 Å². The van der Waals surface area contributed by atoms with E-state index in [2.05, 4.69) is 4.72 Å². The Morgan fingerprint density at radius 2 is 1.11 bits per heavy atom. The lowest BCUT2D eigenvalue weighted by Gasteiger charge is -2.34. The standard InChI is InChI=1S/C20H32N4O11S/c1-15-2-4-16(5-3-15)36(31,32)24-20(12-33-9-6-17(25)21-28,13-34-10-7-18(26)22-29)14-35-11-8-19(27)23-30/h2-5,24,28-30H,6-14H2,1H3,(H,21,25)(H,22,26)(H,23,27). The fourth-order valence-corrected chi connectivity index (χ4v) is 4.10. The molecule has 16 heteroatoms. The van der Waals surface area contributed by atoms with Gasteiger partial charge in [0.1, 0.15) is 5.54 Å². The number of amides is 3. The van der Waals surface area contributed by atoms with Gasteiger partial charge in [0.15, 0.2) is 0 Å². The summed E-state index contributed by atoms with van der Waals surface area (Å²) in [7, 11) is -4.16. The molecule has 0 unspecified atom stereocenters. The van der Waals surface area contributed by atoms with Gasteiger partial charge in [0.05, 0.1) is 63.8 Å². The minimum Gasteiger partial charge on any atom is -0.379 e. The highest BCUT2D eigenvalue weighted by Crippen LogP contribution is 2.17. The number of ether oxygens (including phenoxy) is 3. The maximum Gasteiger partial charge on any atom is 0.245 e. The van der Waals surface area contributed by atoms with Crippen molar-refractivity contribution in [1.29, 1.82) is 0 Å². The molecule has 0 aromatic heterocycles. The summed E-state index contributed by atoms with van der Waals surface area (Å²) < 4.78 is 45.2. The largest absolute Gasteiger partial charge is 0.379 e. The number of hydrogen-bond donors (Lipinski definition) is 7. The smallest absolute Gasteiger partial charge is 0.245 e. The summed E-state index contributed by atoms with van der Waals surface area (Å²) in [6.07, 6.45) is -0.689.